The molecule has 1 N–H and O–H groups in total. The summed E-state index contributed by atoms with van der Waals surface area (Å²) in [5.41, 5.74) is 1.37. The van der Waals surface area contributed by atoms with E-state index in [-0.39, 0.29) is 5.91 Å². The van der Waals surface area contributed by atoms with Gasteiger partial charge < -0.3 is 10.1 Å². The zero-order chi connectivity index (χ0) is 15.1. The van der Waals surface area contributed by atoms with E-state index in [0.717, 1.165) is 4.90 Å². The Morgan fingerprint density at radius 3 is 2.86 bits per heavy atom. The van der Waals surface area contributed by atoms with Gasteiger partial charge in [0.15, 0.2) is 0 Å². The first-order chi connectivity index (χ1) is 10.2. The lowest BCUT2D eigenvalue weighted by Gasteiger charge is -2.10. The summed E-state index contributed by atoms with van der Waals surface area (Å²) in [6, 6.07) is 14.8. The molecule has 0 fully saturated rings. The quantitative estimate of drug-likeness (QED) is 0.641. The Kier molecular flexibility index (Phi) is 5.46. The Morgan fingerprint density at radius 2 is 2.10 bits per heavy atom. The Labute approximate surface area is 129 Å². The van der Waals surface area contributed by atoms with Crippen LogP contribution in [0, 0.1) is 0 Å². The minimum atomic E-state index is -0.124. The van der Waals surface area contributed by atoms with E-state index in [9.17, 15) is 4.79 Å². The smallest absolute Gasteiger partial charge is 0.256 e. The number of carbonyl (C=O) groups excluding carboxylic acids is 1. The lowest BCUT2D eigenvalue weighted by atomic mass is 10.2. The van der Waals surface area contributed by atoms with Gasteiger partial charge >= 0.3 is 0 Å². The summed E-state index contributed by atoms with van der Waals surface area (Å²) in [6.45, 7) is 4.05. The number of anilines is 1. The fourth-order valence-electron chi connectivity index (χ4n) is 1.85. The molecule has 1 amide bonds. The van der Waals surface area contributed by atoms with E-state index in [1.54, 1.807) is 23.9 Å². The minimum absolute atomic E-state index is 0.124. The van der Waals surface area contributed by atoms with Gasteiger partial charge in [-0.2, -0.15) is 0 Å². The Balaban J connectivity index is 2.14. The predicted molar refractivity (Wildman–Crippen MR) is 88.3 cm³/mol. The number of hydrogen-bond donors (Lipinski definition) is 1. The number of amides is 1. The molecule has 0 unspecified atom stereocenters. The first kappa shape index (κ1) is 15.2. The molecule has 0 aliphatic rings. The van der Waals surface area contributed by atoms with Crippen molar-refractivity contribution in [2.45, 2.75) is 4.90 Å². The average Bonchev–Trinajstić information content (AvgIpc) is 2.53. The van der Waals surface area contributed by atoms with Gasteiger partial charge in [0.2, 0.25) is 0 Å². The molecule has 0 aromatic heterocycles. The van der Waals surface area contributed by atoms with E-state index in [1.165, 1.54) is 0 Å². The maximum absolute atomic E-state index is 12.3. The normalized spacial score (nSPS) is 9.95. The van der Waals surface area contributed by atoms with Gasteiger partial charge in [0.25, 0.3) is 5.91 Å². The van der Waals surface area contributed by atoms with Gasteiger partial charge in [-0.15, -0.1) is 11.8 Å². The van der Waals surface area contributed by atoms with Crippen LogP contribution in [0.1, 0.15) is 10.4 Å². The third-order valence-corrected chi connectivity index (χ3v) is 3.61. The van der Waals surface area contributed by atoms with Crippen LogP contribution in [0.4, 0.5) is 5.69 Å². The molecule has 2 rings (SSSR count). The van der Waals surface area contributed by atoms with E-state index in [0.29, 0.717) is 23.6 Å². The van der Waals surface area contributed by atoms with Crippen molar-refractivity contribution >= 4 is 23.4 Å². The average molecular weight is 299 g/mol. The zero-order valence-corrected chi connectivity index (χ0v) is 12.7. The zero-order valence-electron chi connectivity index (χ0n) is 11.8. The van der Waals surface area contributed by atoms with E-state index < -0.39 is 0 Å². The first-order valence-corrected chi connectivity index (χ1v) is 7.75. The number of nitrogens with one attached hydrogen (secondary N) is 1. The second kappa shape index (κ2) is 7.55. The number of thioether (sulfide) groups is 1. The number of ether oxygens (including phenoxy) is 1. The highest BCUT2D eigenvalue weighted by Gasteiger charge is 2.10. The van der Waals surface area contributed by atoms with Crippen molar-refractivity contribution < 1.29 is 9.53 Å². The van der Waals surface area contributed by atoms with Gasteiger partial charge in [-0.1, -0.05) is 30.9 Å². The molecule has 3 nitrogen and oxygen atoms in total. The maximum atomic E-state index is 12.3. The molecule has 21 heavy (non-hydrogen) atoms. The highest BCUT2D eigenvalue weighted by Crippen LogP contribution is 2.22. The third kappa shape index (κ3) is 4.13. The van der Waals surface area contributed by atoms with Gasteiger partial charge in [0.1, 0.15) is 12.4 Å². The van der Waals surface area contributed by atoms with Crippen LogP contribution in [-0.2, 0) is 0 Å². The van der Waals surface area contributed by atoms with Gasteiger partial charge in [-0.25, -0.2) is 0 Å². The van der Waals surface area contributed by atoms with Gasteiger partial charge in [-0.3, -0.25) is 4.79 Å². The molecule has 0 radical (unpaired) electrons. The molecule has 0 aliphatic heterocycles. The molecule has 2 aromatic carbocycles. The molecule has 0 saturated heterocycles. The predicted octanol–water partition coefficient (Wildman–Crippen LogP) is 4.23. The summed E-state index contributed by atoms with van der Waals surface area (Å²) < 4.78 is 5.45. The van der Waals surface area contributed by atoms with Crippen LogP contribution >= 0.6 is 11.8 Å². The molecular formula is C17H17NO2S. The van der Waals surface area contributed by atoms with Crippen molar-refractivity contribution in [3.05, 3.63) is 66.7 Å². The van der Waals surface area contributed by atoms with Crippen LogP contribution in [0.2, 0.25) is 0 Å². The van der Waals surface area contributed by atoms with Crippen LogP contribution < -0.4 is 10.1 Å². The third-order valence-electron chi connectivity index (χ3n) is 2.81. The standard InChI is InChI=1S/C17H17NO2S/c1-3-11-20-14-8-6-7-13(12-14)18-17(19)15-9-4-5-10-16(15)21-2/h3-10,12H,1,11H2,2H3,(H,18,19). The number of carbonyl (C=O) groups is 1. The van der Waals surface area contributed by atoms with Gasteiger partial charge in [0.05, 0.1) is 5.56 Å². The lowest BCUT2D eigenvalue weighted by molar-refractivity contribution is 0.102. The molecule has 2 aromatic rings. The van der Waals surface area contributed by atoms with E-state index >= 15 is 0 Å². The highest BCUT2D eigenvalue weighted by molar-refractivity contribution is 7.98. The molecule has 0 atom stereocenters. The largest absolute Gasteiger partial charge is 0.489 e. The molecule has 4 heteroatoms. The van der Waals surface area contributed by atoms with Crippen molar-refractivity contribution in [2.75, 3.05) is 18.2 Å². The molecule has 0 heterocycles. The van der Waals surface area contributed by atoms with Crippen LogP contribution in [0.25, 0.3) is 0 Å². The summed E-state index contributed by atoms with van der Waals surface area (Å²) in [5, 5.41) is 2.89. The van der Waals surface area contributed by atoms with Gasteiger partial charge in [-0.05, 0) is 30.5 Å². The first-order valence-electron chi connectivity index (χ1n) is 6.52. The fraction of sp³-hybridized carbons (Fsp3) is 0.118. The van der Waals surface area contributed by atoms with Crippen molar-refractivity contribution in [2.24, 2.45) is 0 Å². The Hall–Kier alpha value is -2.20. The number of rotatable bonds is 6. The minimum Gasteiger partial charge on any atom is -0.489 e. The van der Waals surface area contributed by atoms with Crippen LogP contribution in [0.5, 0.6) is 5.75 Å². The van der Waals surface area contributed by atoms with Crippen molar-refractivity contribution in [3.63, 3.8) is 0 Å². The second-order valence-electron chi connectivity index (χ2n) is 4.28. The molecule has 108 valence electrons. The van der Waals surface area contributed by atoms with Crippen molar-refractivity contribution in [1.29, 1.82) is 0 Å². The van der Waals surface area contributed by atoms with E-state index in [1.807, 2.05) is 48.7 Å². The van der Waals surface area contributed by atoms with Crippen molar-refractivity contribution in [1.82, 2.24) is 0 Å². The Morgan fingerprint density at radius 1 is 1.29 bits per heavy atom. The molecule has 0 saturated carbocycles. The topological polar surface area (TPSA) is 38.3 Å². The lowest BCUT2D eigenvalue weighted by Crippen LogP contribution is -2.12. The maximum Gasteiger partial charge on any atom is 0.256 e. The van der Waals surface area contributed by atoms with Crippen molar-refractivity contribution in [3.8, 4) is 5.75 Å². The van der Waals surface area contributed by atoms with Crippen LogP contribution in [-0.4, -0.2) is 18.8 Å². The summed E-state index contributed by atoms with van der Waals surface area (Å²) in [7, 11) is 0. The van der Waals surface area contributed by atoms with Gasteiger partial charge in [0, 0.05) is 16.6 Å². The van der Waals surface area contributed by atoms with Crippen LogP contribution in [0.3, 0.4) is 0 Å². The summed E-state index contributed by atoms with van der Waals surface area (Å²) >= 11 is 1.55. The van der Waals surface area contributed by atoms with E-state index in [4.69, 9.17) is 4.74 Å². The summed E-state index contributed by atoms with van der Waals surface area (Å²) in [5.74, 6) is 0.576. The highest BCUT2D eigenvalue weighted by atomic mass is 32.2. The molecular weight excluding hydrogens is 282 g/mol. The monoisotopic (exact) mass is 299 g/mol. The Bertz CT molecular complexity index is 640. The second-order valence-corrected chi connectivity index (χ2v) is 5.13. The summed E-state index contributed by atoms with van der Waals surface area (Å²) in [4.78, 5) is 13.3. The van der Waals surface area contributed by atoms with Crippen LogP contribution in [0.15, 0.2) is 66.1 Å². The number of hydrogen-bond acceptors (Lipinski definition) is 3. The summed E-state index contributed by atoms with van der Waals surface area (Å²) in [6.07, 6.45) is 3.63. The molecule has 0 spiro atoms. The fourth-order valence-corrected chi connectivity index (χ4v) is 2.44. The molecule has 0 aliphatic carbocycles. The molecule has 0 bridgehead atoms. The van der Waals surface area contributed by atoms with E-state index in [2.05, 4.69) is 11.9 Å². The SMILES string of the molecule is C=CCOc1cccc(NC(=O)c2ccccc2SC)c1. The number of benzene rings is 2.